The summed E-state index contributed by atoms with van der Waals surface area (Å²) in [7, 11) is 0. The Bertz CT molecular complexity index is 511. The number of rotatable bonds is 6. The first-order valence-electron chi connectivity index (χ1n) is 7.29. The number of nitrogens with zero attached hydrogens (tertiary/aromatic N) is 1. The van der Waals surface area contributed by atoms with Gasteiger partial charge in [-0.1, -0.05) is 12.1 Å². The second kappa shape index (κ2) is 7.40. The highest BCUT2D eigenvalue weighted by Crippen LogP contribution is 2.31. The van der Waals surface area contributed by atoms with Gasteiger partial charge in [0.25, 0.3) is 0 Å². The van der Waals surface area contributed by atoms with E-state index in [9.17, 15) is 13.6 Å². The quantitative estimate of drug-likeness (QED) is 0.839. The molecule has 7 heteroatoms. The van der Waals surface area contributed by atoms with E-state index in [0.717, 1.165) is 6.42 Å². The molecule has 0 aliphatic carbocycles. The number of amides is 1. The number of nitrogens with one attached hydrogen (secondary N) is 1. The van der Waals surface area contributed by atoms with Crippen molar-refractivity contribution < 1.29 is 18.3 Å². The Balaban J connectivity index is 1.97. The van der Waals surface area contributed by atoms with Crippen molar-refractivity contribution in [1.82, 2.24) is 5.32 Å². The van der Waals surface area contributed by atoms with E-state index in [-0.39, 0.29) is 30.2 Å². The lowest BCUT2D eigenvalue weighted by atomic mass is 10.2. The summed E-state index contributed by atoms with van der Waals surface area (Å²) in [6.07, 6.45) is 1.04. The van der Waals surface area contributed by atoms with E-state index >= 15 is 0 Å². The van der Waals surface area contributed by atoms with Gasteiger partial charge in [-0.25, -0.2) is 0 Å². The molecule has 22 heavy (non-hydrogen) atoms. The van der Waals surface area contributed by atoms with Crippen LogP contribution in [0.15, 0.2) is 24.3 Å². The van der Waals surface area contributed by atoms with Crippen LogP contribution in [0.1, 0.15) is 19.8 Å². The molecule has 2 rings (SSSR count). The summed E-state index contributed by atoms with van der Waals surface area (Å²) in [5.74, 6) is 0.0685. The van der Waals surface area contributed by atoms with Crippen LogP contribution in [0.25, 0.3) is 0 Å². The van der Waals surface area contributed by atoms with Crippen LogP contribution < -0.4 is 20.7 Å². The number of benzene rings is 1. The number of para-hydroxylation sites is 2. The standard InChI is InChI=1S/C15H21F2N3O2/c1-10(18)8-14(21)19-11-6-7-20(9-11)12-4-2-3-5-13(12)22-15(16)17/h2-5,10-11,15H,6-9,18H2,1H3,(H,19,21). The zero-order valence-electron chi connectivity index (χ0n) is 12.5. The van der Waals surface area contributed by atoms with Crippen LogP contribution >= 0.6 is 0 Å². The monoisotopic (exact) mass is 313 g/mol. The molecule has 1 fully saturated rings. The average molecular weight is 313 g/mol. The lowest BCUT2D eigenvalue weighted by Crippen LogP contribution is -2.39. The van der Waals surface area contributed by atoms with Gasteiger partial charge in [0.15, 0.2) is 0 Å². The first-order chi connectivity index (χ1) is 10.5. The number of ether oxygens (including phenoxy) is 1. The first-order valence-corrected chi connectivity index (χ1v) is 7.29. The third-order valence-corrected chi connectivity index (χ3v) is 3.48. The molecule has 0 bridgehead atoms. The van der Waals surface area contributed by atoms with Crippen LogP contribution in [-0.4, -0.2) is 37.7 Å². The van der Waals surface area contributed by atoms with Crippen LogP contribution in [0.5, 0.6) is 5.75 Å². The number of halogens is 2. The van der Waals surface area contributed by atoms with Crippen molar-refractivity contribution in [3.8, 4) is 5.75 Å². The van der Waals surface area contributed by atoms with E-state index in [1.807, 2.05) is 4.90 Å². The highest BCUT2D eigenvalue weighted by molar-refractivity contribution is 5.77. The Morgan fingerprint density at radius 2 is 2.23 bits per heavy atom. The second-order valence-corrected chi connectivity index (χ2v) is 5.53. The third-order valence-electron chi connectivity index (χ3n) is 3.48. The molecule has 1 aromatic rings. The molecule has 0 radical (unpaired) electrons. The molecule has 1 heterocycles. The fraction of sp³-hybridized carbons (Fsp3) is 0.533. The van der Waals surface area contributed by atoms with Crippen molar-refractivity contribution in [1.29, 1.82) is 0 Å². The lowest BCUT2D eigenvalue weighted by Gasteiger charge is -2.22. The molecule has 2 unspecified atom stereocenters. The van der Waals surface area contributed by atoms with E-state index in [0.29, 0.717) is 18.8 Å². The maximum absolute atomic E-state index is 12.4. The van der Waals surface area contributed by atoms with Gasteiger partial charge in [-0.2, -0.15) is 8.78 Å². The molecule has 3 N–H and O–H groups in total. The zero-order valence-corrected chi connectivity index (χ0v) is 12.5. The van der Waals surface area contributed by atoms with Gasteiger partial charge in [-0.15, -0.1) is 0 Å². The van der Waals surface area contributed by atoms with E-state index < -0.39 is 6.61 Å². The maximum Gasteiger partial charge on any atom is 0.387 e. The number of carbonyl (C=O) groups excluding carboxylic acids is 1. The molecule has 2 atom stereocenters. The molecular weight excluding hydrogens is 292 g/mol. The van der Waals surface area contributed by atoms with Gasteiger partial charge in [0.1, 0.15) is 5.75 Å². The Kier molecular flexibility index (Phi) is 5.54. The summed E-state index contributed by atoms with van der Waals surface area (Å²) in [5.41, 5.74) is 6.21. The van der Waals surface area contributed by atoms with Crippen molar-refractivity contribution in [2.45, 2.75) is 38.5 Å². The molecule has 5 nitrogen and oxygen atoms in total. The number of anilines is 1. The minimum Gasteiger partial charge on any atom is -0.433 e. The van der Waals surface area contributed by atoms with Crippen LogP contribution in [0.3, 0.4) is 0 Å². The first kappa shape index (κ1) is 16.5. The molecule has 0 saturated carbocycles. The third kappa shape index (κ3) is 4.56. The van der Waals surface area contributed by atoms with Gasteiger partial charge >= 0.3 is 6.61 Å². The zero-order chi connectivity index (χ0) is 16.1. The number of hydrogen-bond donors (Lipinski definition) is 2. The minimum absolute atomic E-state index is 0.00847. The van der Waals surface area contributed by atoms with E-state index in [1.165, 1.54) is 6.07 Å². The second-order valence-electron chi connectivity index (χ2n) is 5.53. The molecule has 122 valence electrons. The van der Waals surface area contributed by atoms with E-state index in [2.05, 4.69) is 10.1 Å². The lowest BCUT2D eigenvalue weighted by molar-refractivity contribution is -0.121. The topological polar surface area (TPSA) is 67.6 Å². The van der Waals surface area contributed by atoms with Gasteiger partial charge in [0.2, 0.25) is 5.91 Å². The van der Waals surface area contributed by atoms with Gasteiger partial charge in [0.05, 0.1) is 5.69 Å². The SMILES string of the molecule is CC(N)CC(=O)NC1CCN(c2ccccc2OC(F)F)C1. The summed E-state index contributed by atoms with van der Waals surface area (Å²) >= 11 is 0. The summed E-state index contributed by atoms with van der Waals surface area (Å²) in [6.45, 7) is 0.157. The highest BCUT2D eigenvalue weighted by Gasteiger charge is 2.26. The Morgan fingerprint density at radius 1 is 1.50 bits per heavy atom. The Morgan fingerprint density at radius 3 is 2.91 bits per heavy atom. The van der Waals surface area contributed by atoms with Crippen molar-refractivity contribution >= 4 is 11.6 Å². The fourth-order valence-corrected chi connectivity index (χ4v) is 2.59. The van der Waals surface area contributed by atoms with Crippen molar-refractivity contribution in [3.05, 3.63) is 24.3 Å². The van der Waals surface area contributed by atoms with Crippen molar-refractivity contribution in [3.63, 3.8) is 0 Å². The fourth-order valence-electron chi connectivity index (χ4n) is 2.59. The summed E-state index contributed by atoms with van der Waals surface area (Å²) in [6, 6.07) is 6.49. The van der Waals surface area contributed by atoms with Crippen LogP contribution in [0.2, 0.25) is 0 Å². The molecular formula is C15H21F2N3O2. The van der Waals surface area contributed by atoms with Crippen molar-refractivity contribution in [2.75, 3.05) is 18.0 Å². The molecule has 0 aromatic heterocycles. The summed E-state index contributed by atoms with van der Waals surface area (Å²) in [4.78, 5) is 13.7. The predicted octanol–water partition coefficient (Wildman–Crippen LogP) is 1.72. The van der Waals surface area contributed by atoms with Gasteiger partial charge < -0.3 is 20.7 Å². The summed E-state index contributed by atoms with van der Waals surface area (Å²) in [5, 5.41) is 2.92. The normalized spacial score (nSPS) is 19.3. The van der Waals surface area contributed by atoms with E-state index in [1.54, 1.807) is 25.1 Å². The predicted molar refractivity (Wildman–Crippen MR) is 80.1 cm³/mol. The Labute approximate surface area is 128 Å². The van der Waals surface area contributed by atoms with Crippen LogP contribution in [0.4, 0.5) is 14.5 Å². The maximum atomic E-state index is 12.4. The largest absolute Gasteiger partial charge is 0.433 e. The molecule has 1 aliphatic rings. The molecule has 1 aliphatic heterocycles. The molecule has 1 saturated heterocycles. The van der Waals surface area contributed by atoms with Gasteiger partial charge in [0, 0.05) is 31.6 Å². The number of hydrogen-bond acceptors (Lipinski definition) is 4. The van der Waals surface area contributed by atoms with Crippen LogP contribution in [0, 0.1) is 0 Å². The van der Waals surface area contributed by atoms with Crippen LogP contribution in [-0.2, 0) is 4.79 Å². The van der Waals surface area contributed by atoms with Crippen molar-refractivity contribution in [2.24, 2.45) is 5.73 Å². The smallest absolute Gasteiger partial charge is 0.387 e. The number of carbonyl (C=O) groups is 1. The number of alkyl halides is 2. The molecule has 1 aromatic carbocycles. The van der Waals surface area contributed by atoms with Gasteiger partial charge in [-0.05, 0) is 25.5 Å². The molecule has 0 spiro atoms. The Hall–Kier alpha value is -1.89. The summed E-state index contributed by atoms with van der Waals surface area (Å²) < 4.78 is 29.4. The molecule has 1 amide bonds. The van der Waals surface area contributed by atoms with Gasteiger partial charge in [-0.3, -0.25) is 4.79 Å². The average Bonchev–Trinajstić information content (AvgIpc) is 2.85. The number of nitrogens with two attached hydrogens (primary N) is 1. The highest BCUT2D eigenvalue weighted by atomic mass is 19.3. The van der Waals surface area contributed by atoms with E-state index in [4.69, 9.17) is 5.73 Å². The minimum atomic E-state index is -2.86.